The molecular weight excluding hydrogens is 288 g/mol. The molecule has 0 fully saturated rings. The van der Waals surface area contributed by atoms with Crippen molar-refractivity contribution in [3.05, 3.63) is 71.4 Å². The minimum absolute atomic E-state index is 0.437. The first kappa shape index (κ1) is 13.8. The van der Waals surface area contributed by atoms with Gasteiger partial charge in [0, 0.05) is 23.7 Å². The van der Waals surface area contributed by atoms with E-state index in [0.29, 0.717) is 12.8 Å². The summed E-state index contributed by atoms with van der Waals surface area (Å²) in [6.07, 6.45) is 1.07. The van der Waals surface area contributed by atoms with Gasteiger partial charge in [-0.15, -0.1) is 0 Å². The maximum atomic E-state index is 11.5. The standard InChI is InChI=1S/C19H16N2O2/c22-19(23)17-11-14-13-8-4-5-9-15(13)21-18(14)16(20-17)10-12-6-2-1-3-7-12/h1-9,17,21H,10-11H2,(H,22,23). The molecule has 1 aliphatic heterocycles. The van der Waals surface area contributed by atoms with E-state index in [-0.39, 0.29) is 0 Å². The number of rotatable bonds is 3. The molecule has 0 saturated heterocycles. The number of hydrogen-bond donors (Lipinski definition) is 2. The topological polar surface area (TPSA) is 65.4 Å². The highest BCUT2D eigenvalue weighted by molar-refractivity contribution is 6.08. The quantitative estimate of drug-likeness (QED) is 0.780. The molecule has 1 atom stereocenters. The van der Waals surface area contributed by atoms with Crippen molar-refractivity contribution >= 4 is 22.6 Å². The number of para-hydroxylation sites is 1. The fourth-order valence-corrected chi connectivity index (χ4v) is 3.22. The van der Waals surface area contributed by atoms with E-state index in [1.807, 2.05) is 54.6 Å². The molecular formula is C19H16N2O2. The van der Waals surface area contributed by atoms with E-state index in [0.717, 1.165) is 33.4 Å². The van der Waals surface area contributed by atoms with Crippen molar-refractivity contribution in [2.24, 2.45) is 4.99 Å². The summed E-state index contributed by atoms with van der Waals surface area (Å²) in [7, 11) is 0. The lowest BCUT2D eigenvalue weighted by Crippen LogP contribution is -2.28. The van der Waals surface area contributed by atoms with Crippen LogP contribution in [0.15, 0.2) is 59.6 Å². The van der Waals surface area contributed by atoms with E-state index < -0.39 is 12.0 Å². The zero-order valence-electron chi connectivity index (χ0n) is 12.5. The third kappa shape index (κ3) is 2.42. The number of hydrogen-bond acceptors (Lipinski definition) is 2. The Morgan fingerprint density at radius 2 is 1.87 bits per heavy atom. The molecule has 0 bridgehead atoms. The molecule has 114 valence electrons. The number of benzene rings is 2. The molecule has 1 aliphatic rings. The lowest BCUT2D eigenvalue weighted by atomic mass is 9.94. The van der Waals surface area contributed by atoms with Crippen LogP contribution in [0.3, 0.4) is 0 Å². The molecule has 0 saturated carbocycles. The van der Waals surface area contributed by atoms with Crippen LogP contribution in [0.5, 0.6) is 0 Å². The zero-order valence-corrected chi connectivity index (χ0v) is 12.5. The van der Waals surface area contributed by atoms with Crippen LogP contribution >= 0.6 is 0 Å². The Kier molecular flexibility index (Phi) is 3.23. The van der Waals surface area contributed by atoms with Crippen molar-refractivity contribution < 1.29 is 9.90 Å². The first-order chi connectivity index (χ1) is 11.2. The predicted octanol–water partition coefficient (Wildman–Crippen LogP) is 3.21. The molecule has 0 aliphatic carbocycles. The summed E-state index contributed by atoms with van der Waals surface area (Å²) in [5, 5.41) is 10.5. The fraction of sp³-hybridized carbons (Fsp3) is 0.158. The van der Waals surface area contributed by atoms with Crippen LogP contribution in [-0.4, -0.2) is 27.8 Å². The van der Waals surface area contributed by atoms with Crippen molar-refractivity contribution in [1.82, 2.24) is 4.98 Å². The Bertz CT molecular complexity index is 910. The number of carboxylic acid groups (broad SMARTS) is 1. The molecule has 2 aromatic carbocycles. The molecule has 1 aromatic heterocycles. The maximum absolute atomic E-state index is 11.5. The van der Waals surface area contributed by atoms with Gasteiger partial charge in [-0.05, 0) is 17.2 Å². The van der Waals surface area contributed by atoms with Crippen molar-refractivity contribution in [1.29, 1.82) is 0 Å². The van der Waals surface area contributed by atoms with Gasteiger partial charge in [0.05, 0.1) is 11.4 Å². The average Bonchev–Trinajstić information content (AvgIpc) is 2.95. The van der Waals surface area contributed by atoms with Crippen molar-refractivity contribution in [3.63, 3.8) is 0 Å². The molecule has 2 heterocycles. The first-order valence-corrected chi connectivity index (χ1v) is 7.66. The summed E-state index contributed by atoms with van der Waals surface area (Å²) >= 11 is 0. The number of aliphatic imine (C=N–C) groups is 1. The van der Waals surface area contributed by atoms with E-state index in [1.165, 1.54) is 0 Å². The van der Waals surface area contributed by atoms with Crippen LogP contribution in [-0.2, 0) is 17.6 Å². The monoisotopic (exact) mass is 304 g/mol. The second-order valence-corrected chi connectivity index (χ2v) is 5.82. The number of H-pyrrole nitrogens is 1. The number of aliphatic carboxylic acids is 1. The van der Waals surface area contributed by atoms with Gasteiger partial charge >= 0.3 is 5.97 Å². The second kappa shape index (κ2) is 5.39. The van der Waals surface area contributed by atoms with Crippen LogP contribution in [0.25, 0.3) is 10.9 Å². The lowest BCUT2D eigenvalue weighted by Gasteiger charge is -2.18. The molecule has 1 unspecified atom stereocenters. The Morgan fingerprint density at radius 1 is 1.13 bits per heavy atom. The van der Waals surface area contributed by atoms with Gasteiger partial charge in [0.2, 0.25) is 0 Å². The number of nitrogens with zero attached hydrogens (tertiary/aromatic N) is 1. The van der Waals surface area contributed by atoms with Gasteiger partial charge in [-0.1, -0.05) is 48.5 Å². The molecule has 0 amide bonds. The van der Waals surface area contributed by atoms with Gasteiger partial charge in [-0.3, -0.25) is 4.99 Å². The minimum Gasteiger partial charge on any atom is -0.480 e. The van der Waals surface area contributed by atoms with Gasteiger partial charge in [-0.2, -0.15) is 0 Å². The van der Waals surface area contributed by atoms with E-state index in [9.17, 15) is 9.90 Å². The number of fused-ring (bicyclic) bond motifs is 3. The normalized spacial score (nSPS) is 16.9. The molecule has 3 aromatic rings. The summed E-state index contributed by atoms with van der Waals surface area (Å²) in [6.45, 7) is 0. The van der Waals surface area contributed by atoms with Crippen LogP contribution in [0.2, 0.25) is 0 Å². The van der Waals surface area contributed by atoms with Crippen LogP contribution in [0.4, 0.5) is 0 Å². The highest BCUT2D eigenvalue weighted by atomic mass is 16.4. The molecule has 4 nitrogen and oxygen atoms in total. The predicted molar refractivity (Wildman–Crippen MR) is 90.1 cm³/mol. The Morgan fingerprint density at radius 3 is 2.65 bits per heavy atom. The van der Waals surface area contributed by atoms with E-state index in [2.05, 4.69) is 9.98 Å². The maximum Gasteiger partial charge on any atom is 0.328 e. The van der Waals surface area contributed by atoms with Crippen molar-refractivity contribution in [2.75, 3.05) is 0 Å². The number of carbonyl (C=O) groups is 1. The molecule has 0 spiro atoms. The third-order valence-electron chi connectivity index (χ3n) is 4.31. The van der Waals surface area contributed by atoms with Crippen LogP contribution in [0, 0.1) is 0 Å². The van der Waals surface area contributed by atoms with Crippen molar-refractivity contribution in [3.8, 4) is 0 Å². The lowest BCUT2D eigenvalue weighted by molar-refractivity contribution is -0.138. The number of aromatic nitrogens is 1. The molecule has 4 heteroatoms. The molecule has 4 rings (SSSR count). The molecule has 2 N–H and O–H groups in total. The summed E-state index contributed by atoms with van der Waals surface area (Å²) < 4.78 is 0. The second-order valence-electron chi connectivity index (χ2n) is 5.82. The fourth-order valence-electron chi connectivity index (χ4n) is 3.22. The highest BCUT2D eigenvalue weighted by Gasteiger charge is 2.28. The third-order valence-corrected chi connectivity index (χ3v) is 4.31. The van der Waals surface area contributed by atoms with Gasteiger partial charge in [0.25, 0.3) is 0 Å². The minimum atomic E-state index is -0.869. The largest absolute Gasteiger partial charge is 0.480 e. The smallest absolute Gasteiger partial charge is 0.328 e. The number of nitrogens with one attached hydrogen (secondary N) is 1. The van der Waals surface area contributed by atoms with Crippen LogP contribution in [0.1, 0.15) is 16.8 Å². The Hall–Kier alpha value is -2.88. The SMILES string of the molecule is O=C(O)C1Cc2c([nH]c3ccccc23)C(Cc2ccccc2)=N1. The highest BCUT2D eigenvalue weighted by Crippen LogP contribution is 2.29. The Labute approximate surface area is 133 Å². The van der Waals surface area contributed by atoms with E-state index >= 15 is 0 Å². The summed E-state index contributed by atoms with van der Waals surface area (Å²) in [5.41, 5.74) is 5.02. The zero-order chi connectivity index (χ0) is 15.8. The average molecular weight is 304 g/mol. The molecule has 23 heavy (non-hydrogen) atoms. The summed E-state index contributed by atoms with van der Waals surface area (Å²) in [5.74, 6) is -0.869. The molecule has 0 radical (unpaired) electrons. The van der Waals surface area contributed by atoms with E-state index in [4.69, 9.17) is 0 Å². The summed E-state index contributed by atoms with van der Waals surface area (Å²) in [4.78, 5) is 19.4. The van der Waals surface area contributed by atoms with Gasteiger partial charge in [-0.25, -0.2) is 4.79 Å². The van der Waals surface area contributed by atoms with Gasteiger partial charge in [0.1, 0.15) is 0 Å². The Balaban J connectivity index is 1.84. The first-order valence-electron chi connectivity index (χ1n) is 7.66. The van der Waals surface area contributed by atoms with Crippen molar-refractivity contribution in [2.45, 2.75) is 18.9 Å². The summed E-state index contributed by atoms with van der Waals surface area (Å²) in [6, 6.07) is 17.3. The van der Waals surface area contributed by atoms with Gasteiger partial charge in [0.15, 0.2) is 6.04 Å². The number of aromatic amines is 1. The van der Waals surface area contributed by atoms with E-state index in [1.54, 1.807) is 0 Å². The van der Waals surface area contributed by atoms with Gasteiger partial charge < -0.3 is 10.1 Å². The number of carboxylic acids is 1. The van der Waals surface area contributed by atoms with Crippen LogP contribution < -0.4 is 0 Å².